The van der Waals surface area contributed by atoms with Crippen LogP contribution in [0.1, 0.15) is 16.2 Å². The van der Waals surface area contributed by atoms with Gasteiger partial charge in [-0.1, -0.05) is 12.1 Å². The number of hydrogen-bond acceptors (Lipinski definition) is 5. The summed E-state index contributed by atoms with van der Waals surface area (Å²) in [6, 6.07) is 11.6. The van der Waals surface area contributed by atoms with Gasteiger partial charge in [-0.05, 0) is 29.8 Å². The van der Waals surface area contributed by atoms with Crippen molar-refractivity contribution in [1.82, 2.24) is 29.5 Å². The van der Waals surface area contributed by atoms with Gasteiger partial charge in [0.15, 0.2) is 5.78 Å². The van der Waals surface area contributed by atoms with Gasteiger partial charge in [-0.25, -0.2) is 9.97 Å². The number of carbonyl (C=O) groups excluding carboxylic acids is 1. The Hall–Kier alpha value is -3.87. The highest BCUT2D eigenvalue weighted by molar-refractivity contribution is 6.00. The average Bonchev–Trinajstić information content (AvgIpc) is 3.33. The van der Waals surface area contributed by atoms with Gasteiger partial charge in [-0.15, -0.1) is 0 Å². The lowest BCUT2D eigenvalue weighted by Crippen LogP contribution is -2.07. The Bertz CT molecular complexity index is 1380. The molecule has 7 nitrogen and oxygen atoms in total. The molecule has 0 saturated carbocycles. The number of nitrogens with zero attached hydrogens (tertiary/aromatic N) is 6. The summed E-state index contributed by atoms with van der Waals surface area (Å²) in [6.07, 6.45) is 7.46. The highest BCUT2D eigenvalue weighted by Crippen LogP contribution is 2.23. The third kappa shape index (κ3) is 3.16. The summed E-state index contributed by atoms with van der Waals surface area (Å²) in [7, 11) is 3.77. The van der Waals surface area contributed by atoms with Crippen molar-refractivity contribution in [1.29, 1.82) is 0 Å². The van der Waals surface area contributed by atoms with E-state index in [2.05, 4.69) is 20.2 Å². The van der Waals surface area contributed by atoms with Gasteiger partial charge >= 0.3 is 0 Å². The number of Topliss-reactive ketones (excluding diaryl/α,β-unsaturated/α-hetero) is 1. The zero-order chi connectivity index (χ0) is 20.0. The van der Waals surface area contributed by atoms with Crippen LogP contribution < -0.4 is 0 Å². The molecule has 142 valence electrons. The van der Waals surface area contributed by atoms with E-state index in [1.54, 1.807) is 21.8 Å². The van der Waals surface area contributed by atoms with Crippen LogP contribution >= 0.6 is 0 Å². The maximum absolute atomic E-state index is 12.8. The second kappa shape index (κ2) is 6.63. The van der Waals surface area contributed by atoms with Gasteiger partial charge in [0.2, 0.25) is 0 Å². The molecule has 5 rings (SSSR count). The van der Waals surface area contributed by atoms with Crippen LogP contribution in [-0.2, 0) is 20.5 Å². The summed E-state index contributed by atoms with van der Waals surface area (Å²) >= 11 is 0. The van der Waals surface area contributed by atoms with Crippen LogP contribution in [0.15, 0.2) is 61.2 Å². The lowest BCUT2D eigenvalue weighted by Gasteiger charge is -2.05. The molecule has 0 aliphatic carbocycles. The lowest BCUT2D eigenvalue weighted by atomic mass is 10.1. The van der Waals surface area contributed by atoms with Crippen LogP contribution in [-0.4, -0.2) is 35.3 Å². The van der Waals surface area contributed by atoms with E-state index >= 15 is 0 Å². The zero-order valence-electron chi connectivity index (χ0n) is 16.1. The predicted octanol–water partition coefficient (Wildman–Crippen LogP) is 3.34. The van der Waals surface area contributed by atoms with Crippen LogP contribution in [0.5, 0.6) is 0 Å². The average molecular weight is 382 g/mol. The summed E-state index contributed by atoms with van der Waals surface area (Å²) in [4.78, 5) is 21.8. The van der Waals surface area contributed by atoms with Gasteiger partial charge in [-0.3, -0.25) is 14.2 Å². The maximum atomic E-state index is 12.8. The molecule has 0 unspecified atom stereocenters. The summed E-state index contributed by atoms with van der Waals surface area (Å²) < 4.78 is 3.55. The molecule has 0 N–H and O–H groups in total. The highest BCUT2D eigenvalue weighted by Gasteiger charge is 2.12. The third-order valence-electron chi connectivity index (χ3n) is 5.06. The largest absolute Gasteiger partial charge is 0.294 e. The van der Waals surface area contributed by atoms with Crippen LogP contribution in [0.2, 0.25) is 0 Å². The van der Waals surface area contributed by atoms with Crippen molar-refractivity contribution in [3.63, 3.8) is 0 Å². The van der Waals surface area contributed by atoms with E-state index in [0.29, 0.717) is 11.4 Å². The number of ketones is 1. The fourth-order valence-corrected chi connectivity index (χ4v) is 3.48. The van der Waals surface area contributed by atoms with Gasteiger partial charge in [-0.2, -0.15) is 10.2 Å². The van der Waals surface area contributed by atoms with Crippen molar-refractivity contribution >= 4 is 27.6 Å². The molecule has 0 fully saturated rings. The first kappa shape index (κ1) is 17.2. The molecule has 0 amide bonds. The highest BCUT2D eigenvalue weighted by atomic mass is 16.1. The molecule has 2 aromatic carbocycles. The molecule has 3 heterocycles. The van der Waals surface area contributed by atoms with Crippen LogP contribution in [0.3, 0.4) is 0 Å². The first-order valence-corrected chi connectivity index (χ1v) is 9.26. The minimum absolute atomic E-state index is 0.0153. The number of carbonyl (C=O) groups is 1. The third-order valence-corrected chi connectivity index (χ3v) is 5.06. The fourth-order valence-electron chi connectivity index (χ4n) is 3.48. The number of hydrogen-bond donors (Lipinski definition) is 0. The summed E-state index contributed by atoms with van der Waals surface area (Å²) in [5.41, 5.74) is 4.50. The number of benzene rings is 2. The Morgan fingerprint density at radius 3 is 2.66 bits per heavy atom. The van der Waals surface area contributed by atoms with Gasteiger partial charge < -0.3 is 0 Å². The number of aromatic nitrogens is 6. The first-order chi connectivity index (χ1) is 14.1. The molecule has 29 heavy (non-hydrogen) atoms. The van der Waals surface area contributed by atoms with E-state index in [1.165, 1.54) is 0 Å². The van der Waals surface area contributed by atoms with E-state index in [4.69, 9.17) is 0 Å². The Balaban J connectivity index is 1.45. The second-order valence-electron chi connectivity index (χ2n) is 7.10. The Labute approximate surface area is 166 Å². The molecule has 7 heteroatoms. The van der Waals surface area contributed by atoms with Crippen molar-refractivity contribution < 1.29 is 4.79 Å². The van der Waals surface area contributed by atoms with Crippen LogP contribution in [0, 0.1) is 0 Å². The normalized spacial score (nSPS) is 11.4. The molecule has 0 atom stereocenters. The summed E-state index contributed by atoms with van der Waals surface area (Å²) in [6.45, 7) is 0. The zero-order valence-corrected chi connectivity index (χ0v) is 16.1. The van der Waals surface area contributed by atoms with Gasteiger partial charge in [0, 0.05) is 48.4 Å². The number of fused-ring (bicyclic) bond motifs is 2. The van der Waals surface area contributed by atoms with E-state index in [0.717, 1.165) is 32.9 Å². The number of aryl methyl sites for hydroxylation is 2. The molecule has 5 aromatic rings. The SMILES string of the molecule is Cn1cc(-c2ccc3cnc(CC(=O)c4ccc5c(cnn5C)c4)nc3c2)cn1. The van der Waals surface area contributed by atoms with E-state index < -0.39 is 0 Å². The minimum Gasteiger partial charge on any atom is -0.294 e. The molecule has 3 aromatic heterocycles. The molecule has 0 spiro atoms. The first-order valence-electron chi connectivity index (χ1n) is 9.26. The molecule has 0 saturated heterocycles. The van der Waals surface area contributed by atoms with Crippen LogP contribution in [0.4, 0.5) is 0 Å². The topological polar surface area (TPSA) is 78.5 Å². The quantitative estimate of drug-likeness (QED) is 0.446. The lowest BCUT2D eigenvalue weighted by molar-refractivity contribution is 0.0991. The Kier molecular flexibility index (Phi) is 3.94. The monoisotopic (exact) mass is 382 g/mol. The van der Waals surface area contributed by atoms with Gasteiger partial charge in [0.25, 0.3) is 0 Å². The van der Waals surface area contributed by atoms with Gasteiger partial charge in [0.05, 0.1) is 29.8 Å². The molecular formula is C22H18N6O. The van der Waals surface area contributed by atoms with Gasteiger partial charge in [0.1, 0.15) is 5.82 Å². The smallest absolute Gasteiger partial charge is 0.170 e. The predicted molar refractivity (Wildman–Crippen MR) is 110 cm³/mol. The summed E-state index contributed by atoms with van der Waals surface area (Å²) in [5, 5.41) is 10.3. The maximum Gasteiger partial charge on any atom is 0.170 e. The molecule has 0 aliphatic rings. The molecule has 0 bridgehead atoms. The second-order valence-corrected chi connectivity index (χ2v) is 7.10. The standard InChI is InChI=1S/C22H18N6O/c1-27-13-18(12-24-27)14-3-4-16-10-23-22(26-19(16)8-14)9-21(29)15-5-6-20-17(7-15)11-25-28(20)2/h3-8,10-13H,9H2,1-2H3. The van der Waals surface area contributed by atoms with E-state index in [-0.39, 0.29) is 12.2 Å². The van der Waals surface area contributed by atoms with Crippen molar-refractivity contribution in [2.24, 2.45) is 14.1 Å². The Morgan fingerprint density at radius 1 is 0.931 bits per heavy atom. The van der Waals surface area contributed by atoms with Crippen LogP contribution in [0.25, 0.3) is 32.9 Å². The fraction of sp³-hybridized carbons (Fsp3) is 0.136. The Morgan fingerprint density at radius 2 is 1.83 bits per heavy atom. The van der Waals surface area contributed by atoms with Crippen molar-refractivity contribution in [3.05, 3.63) is 72.6 Å². The summed E-state index contributed by atoms with van der Waals surface area (Å²) in [5.74, 6) is 0.496. The van der Waals surface area contributed by atoms with E-state index in [1.807, 2.05) is 62.9 Å². The molecule has 0 radical (unpaired) electrons. The minimum atomic E-state index is -0.0153. The van der Waals surface area contributed by atoms with Crippen molar-refractivity contribution in [2.75, 3.05) is 0 Å². The molecular weight excluding hydrogens is 364 g/mol. The van der Waals surface area contributed by atoms with Crippen molar-refractivity contribution in [3.8, 4) is 11.1 Å². The molecule has 0 aliphatic heterocycles. The van der Waals surface area contributed by atoms with Crippen molar-refractivity contribution in [2.45, 2.75) is 6.42 Å². The van der Waals surface area contributed by atoms with E-state index in [9.17, 15) is 4.79 Å². The number of rotatable bonds is 4.